The minimum Gasteiger partial charge on any atom is -0.494 e. The van der Waals surface area contributed by atoms with Gasteiger partial charge in [-0.05, 0) is 43.3 Å². The summed E-state index contributed by atoms with van der Waals surface area (Å²) in [7, 11) is 0. The first kappa shape index (κ1) is 23.7. The van der Waals surface area contributed by atoms with Crippen molar-refractivity contribution in [2.45, 2.75) is 50.5 Å². The molecule has 0 saturated carbocycles. The van der Waals surface area contributed by atoms with Gasteiger partial charge in [-0.1, -0.05) is 0 Å². The molecule has 0 aromatic heterocycles. The second-order valence-corrected chi connectivity index (χ2v) is 9.30. The van der Waals surface area contributed by atoms with Gasteiger partial charge in [0, 0.05) is 50.1 Å². The largest absolute Gasteiger partial charge is 0.494 e. The van der Waals surface area contributed by atoms with Crippen molar-refractivity contribution < 1.29 is 23.3 Å². The summed E-state index contributed by atoms with van der Waals surface area (Å²) in [5, 5.41) is 9.28. The van der Waals surface area contributed by atoms with Crippen molar-refractivity contribution in [3.63, 3.8) is 0 Å². The molecule has 35 heavy (non-hydrogen) atoms. The van der Waals surface area contributed by atoms with Crippen LogP contribution in [-0.4, -0.2) is 57.4 Å². The molecule has 0 N–H and O–H groups in total. The van der Waals surface area contributed by atoms with E-state index in [0.29, 0.717) is 50.6 Å². The molecule has 2 aromatic carbocycles. The van der Waals surface area contributed by atoms with Gasteiger partial charge in [-0.3, -0.25) is 0 Å². The second-order valence-electron chi connectivity index (χ2n) is 9.30. The SMILES string of the molecule is CCOc1ccc(F)c(N2CCC(Oc3ccc(N4CC5(CC4CC#N)OCCO5)cc3)CC2)c1. The van der Waals surface area contributed by atoms with Gasteiger partial charge >= 0.3 is 0 Å². The topological polar surface area (TPSA) is 67.2 Å². The molecule has 3 fully saturated rings. The zero-order valence-electron chi connectivity index (χ0n) is 20.1. The quantitative estimate of drug-likeness (QED) is 0.577. The Kier molecular flexibility index (Phi) is 6.98. The van der Waals surface area contributed by atoms with Crippen LogP contribution in [0.2, 0.25) is 0 Å². The highest BCUT2D eigenvalue weighted by Gasteiger charge is 2.48. The Labute approximate surface area is 205 Å². The predicted octanol–water partition coefficient (Wildman–Crippen LogP) is 4.51. The summed E-state index contributed by atoms with van der Waals surface area (Å²) in [4.78, 5) is 4.27. The number of piperidine rings is 1. The van der Waals surface area contributed by atoms with E-state index in [1.165, 1.54) is 6.07 Å². The second kappa shape index (κ2) is 10.3. The number of rotatable bonds is 7. The Bertz CT molecular complexity index is 1040. The highest BCUT2D eigenvalue weighted by molar-refractivity contribution is 5.53. The zero-order valence-corrected chi connectivity index (χ0v) is 20.1. The summed E-state index contributed by atoms with van der Waals surface area (Å²) in [5.74, 6) is 0.687. The molecule has 1 spiro atoms. The standard InChI is InChI=1S/C27H32FN3O4/c1-2-32-24-7-8-25(28)26(17-24)30-13-10-23(11-14-30)35-22-5-3-20(4-6-22)31-19-27(33-15-16-34-27)18-21(31)9-12-29/h3-8,17,21,23H,2,9-11,13-16,18-19H2,1H3. The van der Waals surface area contributed by atoms with Gasteiger partial charge in [0.05, 0.1) is 44.5 Å². The van der Waals surface area contributed by atoms with Gasteiger partial charge in [0.1, 0.15) is 23.4 Å². The van der Waals surface area contributed by atoms with E-state index in [1.54, 1.807) is 12.1 Å². The van der Waals surface area contributed by atoms with E-state index in [1.807, 2.05) is 31.2 Å². The smallest absolute Gasteiger partial charge is 0.188 e. The Balaban J connectivity index is 1.18. The lowest BCUT2D eigenvalue weighted by Crippen LogP contribution is -2.38. The van der Waals surface area contributed by atoms with Gasteiger partial charge in [0.2, 0.25) is 0 Å². The van der Waals surface area contributed by atoms with Crippen LogP contribution in [0.25, 0.3) is 0 Å². The molecule has 7 nitrogen and oxygen atoms in total. The molecule has 0 aliphatic carbocycles. The van der Waals surface area contributed by atoms with Crippen LogP contribution >= 0.6 is 0 Å². The van der Waals surface area contributed by atoms with E-state index in [4.69, 9.17) is 18.9 Å². The third-order valence-corrected chi connectivity index (χ3v) is 7.02. The minimum absolute atomic E-state index is 0.0656. The van der Waals surface area contributed by atoms with Gasteiger partial charge in [-0.25, -0.2) is 4.39 Å². The first-order valence-electron chi connectivity index (χ1n) is 12.4. The number of nitriles is 1. The summed E-state index contributed by atoms with van der Waals surface area (Å²) in [6, 6.07) is 15.3. The molecular weight excluding hydrogens is 449 g/mol. The molecule has 186 valence electrons. The Morgan fingerprint density at radius 2 is 1.80 bits per heavy atom. The van der Waals surface area contributed by atoms with E-state index in [9.17, 15) is 9.65 Å². The van der Waals surface area contributed by atoms with Crippen molar-refractivity contribution in [1.29, 1.82) is 5.26 Å². The number of anilines is 2. The molecule has 2 aromatic rings. The Morgan fingerprint density at radius 3 is 2.49 bits per heavy atom. The van der Waals surface area contributed by atoms with E-state index >= 15 is 0 Å². The van der Waals surface area contributed by atoms with Crippen LogP contribution in [-0.2, 0) is 9.47 Å². The lowest BCUT2D eigenvalue weighted by atomic mass is 10.1. The molecule has 8 heteroatoms. The number of hydrogen-bond donors (Lipinski definition) is 0. The molecule has 3 saturated heterocycles. The maximum atomic E-state index is 14.4. The van der Waals surface area contributed by atoms with E-state index in [2.05, 4.69) is 15.9 Å². The Morgan fingerprint density at radius 1 is 1.09 bits per heavy atom. The molecule has 1 atom stereocenters. The monoisotopic (exact) mass is 481 g/mol. The molecule has 1 unspecified atom stereocenters. The van der Waals surface area contributed by atoms with Gasteiger partial charge in [0.25, 0.3) is 0 Å². The first-order chi connectivity index (χ1) is 17.1. The maximum Gasteiger partial charge on any atom is 0.188 e. The summed E-state index contributed by atoms with van der Waals surface area (Å²) >= 11 is 0. The third kappa shape index (κ3) is 5.16. The van der Waals surface area contributed by atoms with Gasteiger partial charge in [-0.2, -0.15) is 5.26 Å². The molecule has 0 radical (unpaired) electrons. The summed E-state index contributed by atoms with van der Waals surface area (Å²) in [5.41, 5.74) is 1.62. The fourth-order valence-electron chi connectivity index (χ4n) is 5.33. The Hall–Kier alpha value is -3.02. The lowest BCUT2D eigenvalue weighted by Gasteiger charge is -2.34. The lowest BCUT2D eigenvalue weighted by molar-refractivity contribution is -0.139. The average molecular weight is 482 g/mol. The normalized spacial score (nSPS) is 21.9. The van der Waals surface area contributed by atoms with Crippen molar-refractivity contribution in [3.05, 3.63) is 48.3 Å². The number of halogens is 1. The zero-order chi connectivity index (χ0) is 24.3. The van der Waals surface area contributed by atoms with Crippen molar-refractivity contribution in [3.8, 4) is 17.6 Å². The predicted molar refractivity (Wildman–Crippen MR) is 130 cm³/mol. The number of ether oxygens (including phenoxy) is 4. The van der Waals surface area contributed by atoms with Crippen LogP contribution in [0.5, 0.6) is 11.5 Å². The molecule has 5 rings (SSSR count). The minimum atomic E-state index is -0.591. The highest BCUT2D eigenvalue weighted by Crippen LogP contribution is 2.39. The van der Waals surface area contributed by atoms with Gasteiger partial charge in [0.15, 0.2) is 5.79 Å². The average Bonchev–Trinajstić information content (AvgIpc) is 3.48. The fraction of sp³-hybridized carbons (Fsp3) is 0.519. The van der Waals surface area contributed by atoms with Crippen LogP contribution in [0.15, 0.2) is 42.5 Å². The van der Waals surface area contributed by atoms with Gasteiger partial charge in [-0.15, -0.1) is 0 Å². The summed E-state index contributed by atoms with van der Waals surface area (Å²) in [6.45, 7) is 5.75. The molecule has 3 heterocycles. The van der Waals surface area contributed by atoms with Crippen LogP contribution in [0, 0.1) is 17.1 Å². The summed E-state index contributed by atoms with van der Waals surface area (Å²) in [6.07, 6.45) is 2.84. The van der Waals surface area contributed by atoms with Gasteiger partial charge < -0.3 is 28.7 Å². The van der Waals surface area contributed by atoms with E-state index in [0.717, 1.165) is 37.4 Å². The van der Waals surface area contributed by atoms with Crippen LogP contribution < -0.4 is 19.3 Å². The number of benzene rings is 2. The molecule has 3 aliphatic rings. The first-order valence-corrected chi connectivity index (χ1v) is 12.4. The third-order valence-electron chi connectivity index (χ3n) is 7.02. The summed E-state index contributed by atoms with van der Waals surface area (Å²) < 4.78 is 38.0. The van der Waals surface area contributed by atoms with Crippen molar-refractivity contribution in [2.24, 2.45) is 0 Å². The molecule has 0 amide bonds. The van der Waals surface area contributed by atoms with Crippen molar-refractivity contribution in [2.75, 3.05) is 49.3 Å². The number of hydrogen-bond acceptors (Lipinski definition) is 7. The van der Waals surface area contributed by atoms with Crippen LogP contribution in [0.4, 0.5) is 15.8 Å². The van der Waals surface area contributed by atoms with Crippen molar-refractivity contribution >= 4 is 11.4 Å². The molecular formula is C27H32FN3O4. The van der Waals surface area contributed by atoms with Crippen molar-refractivity contribution in [1.82, 2.24) is 0 Å². The van der Waals surface area contributed by atoms with Crippen LogP contribution in [0.1, 0.15) is 32.6 Å². The highest BCUT2D eigenvalue weighted by atomic mass is 19.1. The molecule has 3 aliphatic heterocycles. The van der Waals surface area contributed by atoms with E-state index in [-0.39, 0.29) is 18.0 Å². The molecule has 0 bridgehead atoms. The maximum absolute atomic E-state index is 14.4. The number of nitrogens with zero attached hydrogens (tertiary/aromatic N) is 3. The van der Waals surface area contributed by atoms with E-state index < -0.39 is 5.79 Å². The fourth-order valence-corrected chi connectivity index (χ4v) is 5.33. The van der Waals surface area contributed by atoms with Crippen LogP contribution in [0.3, 0.4) is 0 Å².